The molecule has 0 bridgehead atoms. The van der Waals surface area contributed by atoms with Crippen LogP contribution in [-0.4, -0.2) is 108 Å². The first-order chi connectivity index (χ1) is 14.2. The summed E-state index contributed by atoms with van der Waals surface area (Å²) < 4.78 is 33.2. The minimum absolute atomic E-state index is 0.0208. The van der Waals surface area contributed by atoms with Crippen molar-refractivity contribution >= 4 is 12.0 Å². The molecule has 2 amide bonds. The van der Waals surface area contributed by atoms with Crippen LogP contribution < -0.4 is 0 Å². The molecule has 5 aliphatic rings. The first kappa shape index (κ1) is 20.4. The lowest BCUT2D eigenvalue weighted by Crippen LogP contribution is -2.70. The minimum atomic E-state index is -2.76. The average molecular weight is 427 g/mol. The standard InChI is InChI=1S/C21H32F2N4O3/c1-3-30-19(29)26-7-5-20(12-26)8-14(9-20)25-6-4-15-17(11-25)24(2)18(28)16-10-21(22,23)13-27(15)16/h14-17H,3-13H2,1-2H3/t14?,15?,16-,17?,20?/m0/s1. The molecule has 5 fully saturated rings. The third-order valence-corrected chi connectivity index (χ3v) is 8.26. The van der Waals surface area contributed by atoms with Gasteiger partial charge in [0.1, 0.15) is 0 Å². The highest BCUT2D eigenvalue weighted by Crippen LogP contribution is 2.51. The van der Waals surface area contributed by atoms with Crippen LogP contribution in [0.3, 0.4) is 0 Å². The van der Waals surface area contributed by atoms with E-state index in [-0.39, 0.29) is 42.5 Å². The van der Waals surface area contributed by atoms with E-state index >= 15 is 0 Å². The summed E-state index contributed by atoms with van der Waals surface area (Å²) in [5, 5.41) is 0. The lowest BCUT2D eigenvalue weighted by atomic mass is 9.64. The Kier molecular flexibility index (Phi) is 4.78. The van der Waals surface area contributed by atoms with Crippen LogP contribution in [0.1, 0.15) is 39.0 Å². The normalized spacial score (nSPS) is 41.0. The van der Waals surface area contributed by atoms with Gasteiger partial charge < -0.3 is 14.5 Å². The topological polar surface area (TPSA) is 56.3 Å². The Hall–Kier alpha value is -1.48. The number of rotatable bonds is 2. The van der Waals surface area contributed by atoms with E-state index in [4.69, 9.17) is 4.74 Å². The molecule has 2 unspecified atom stereocenters. The smallest absolute Gasteiger partial charge is 0.409 e. The Morgan fingerprint density at radius 3 is 2.67 bits per heavy atom. The summed E-state index contributed by atoms with van der Waals surface area (Å²) in [5.74, 6) is -2.91. The third-order valence-electron chi connectivity index (χ3n) is 8.26. The predicted molar refractivity (Wildman–Crippen MR) is 105 cm³/mol. The Bertz CT molecular complexity index is 729. The van der Waals surface area contributed by atoms with Crippen LogP contribution in [0, 0.1) is 5.41 Å². The van der Waals surface area contributed by atoms with Crippen LogP contribution >= 0.6 is 0 Å². The molecule has 4 saturated heterocycles. The van der Waals surface area contributed by atoms with Gasteiger partial charge in [0.15, 0.2) is 0 Å². The van der Waals surface area contributed by atoms with E-state index in [1.807, 2.05) is 11.8 Å². The zero-order valence-corrected chi connectivity index (χ0v) is 17.9. The Morgan fingerprint density at radius 2 is 1.93 bits per heavy atom. The molecular formula is C21H32F2N4O3. The fourth-order valence-electron chi connectivity index (χ4n) is 6.70. The zero-order valence-electron chi connectivity index (χ0n) is 17.9. The largest absolute Gasteiger partial charge is 0.450 e. The molecule has 3 atom stereocenters. The van der Waals surface area contributed by atoms with Crippen molar-refractivity contribution in [2.45, 2.75) is 69.1 Å². The third kappa shape index (κ3) is 3.20. The van der Waals surface area contributed by atoms with Gasteiger partial charge in [-0.05, 0) is 38.0 Å². The molecule has 7 nitrogen and oxygen atoms in total. The monoisotopic (exact) mass is 426 g/mol. The number of hydrogen-bond donors (Lipinski definition) is 0. The number of hydrogen-bond acceptors (Lipinski definition) is 5. The van der Waals surface area contributed by atoms with Gasteiger partial charge in [0, 0.05) is 51.7 Å². The van der Waals surface area contributed by atoms with Crippen LogP contribution in [0.15, 0.2) is 0 Å². The molecule has 9 heteroatoms. The molecule has 4 heterocycles. The predicted octanol–water partition coefficient (Wildman–Crippen LogP) is 1.62. The number of carbonyl (C=O) groups is 2. The number of likely N-dealkylation sites (N-methyl/N-ethyl adjacent to an activating group) is 1. The molecule has 1 spiro atoms. The number of piperazine rings is 1. The number of halogens is 2. The van der Waals surface area contributed by atoms with Crippen molar-refractivity contribution in [1.82, 2.24) is 19.6 Å². The second-order valence-corrected chi connectivity index (χ2v) is 10.0. The van der Waals surface area contributed by atoms with E-state index in [1.54, 1.807) is 16.8 Å². The van der Waals surface area contributed by atoms with E-state index in [0.717, 1.165) is 51.9 Å². The average Bonchev–Trinajstić information content (AvgIpc) is 3.26. The maximum atomic E-state index is 14.0. The molecule has 1 saturated carbocycles. The zero-order chi connectivity index (χ0) is 21.3. The van der Waals surface area contributed by atoms with Crippen molar-refractivity contribution in [3.63, 3.8) is 0 Å². The van der Waals surface area contributed by atoms with Crippen molar-refractivity contribution in [3.05, 3.63) is 0 Å². The van der Waals surface area contributed by atoms with Crippen molar-refractivity contribution in [2.75, 3.05) is 46.4 Å². The minimum Gasteiger partial charge on any atom is -0.450 e. The maximum Gasteiger partial charge on any atom is 0.409 e. The molecule has 0 aromatic carbocycles. The molecule has 0 N–H and O–H groups in total. The summed E-state index contributed by atoms with van der Waals surface area (Å²) in [4.78, 5) is 32.6. The van der Waals surface area contributed by atoms with Gasteiger partial charge in [-0.2, -0.15) is 0 Å². The number of ether oxygens (including phenoxy) is 1. The molecule has 5 rings (SSSR count). The number of amides is 2. The molecule has 4 aliphatic heterocycles. The molecule has 1 aliphatic carbocycles. The quantitative estimate of drug-likeness (QED) is 0.672. The van der Waals surface area contributed by atoms with Gasteiger partial charge in [-0.15, -0.1) is 0 Å². The lowest BCUT2D eigenvalue weighted by Gasteiger charge is -2.56. The summed E-state index contributed by atoms with van der Waals surface area (Å²) in [6, 6.07) is -0.193. The van der Waals surface area contributed by atoms with Crippen LogP contribution in [0.25, 0.3) is 0 Å². The highest BCUT2D eigenvalue weighted by Gasteiger charge is 2.58. The van der Waals surface area contributed by atoms with Crippen molar-refractivity contribution < 1.29 is 23.1 Å². The summed E-state index contributed by atoms with van der Waals surface area (Å²) in [5.41, 5.74) is 0.199. The van der Waals surface area contributed by atoms with Crippen LogP contribution in [0.2, 0.25) is 0 Å². The van der Waals surface area contributed by atoms with E-state index in [9.17, 15) is 18.4 Å². The lowest BCUT2D eigenvalue weighted by molar-refractivity contribution is -0.151. The Morgan fingerprint density at radius 1 is 1.17 bits per heavy atom. The van der Waals surface area contributed by atoms with Crippen molar-refractivity contribution in [2.24, 2.45) is 5.41 Å². The first-order valence-electron chi connectivity index (χ1n) is 11.3. The summed E-state index contributed by atoms with van der Waals surface area (Å²) in [7, 11) is 1.79. The Balaban J connectivity index is 1.20. The first-order valence-corrected chi connectivity index (χ1v) is 11.3. The van der Waals surface area contributed by atoms with Gasteiger partial charge in [0.2, 0.25) is 5.91 Å². The van der Waals surface area contributed by atoms with Gasteiger partial charge in [-0.3, -0.25) is 14.6 Å². The van der Waals surface area contributed by atoms with Gasteiger partial charge in [0.05, 0.1) is 25.2 Å². The summed E-state index contributed by atoms with van der Waals surface area (Å²) in [6.07, 6.45) is 3.41. The number of nitrogens with zero attached hydrogens (tertiary/aromatic N) is 4. The molecule has 168 valence electrons. The van der Waals surface area contributed by atoms with Crippen LogP contribution in [0.5, 0.6) is 0 Å². The fraction of sp³-hybridized carbons (Fsp3) is 0.905. The maximum absolute atomic E-state index is 14.0. The van der Waals surface area contributed by atoms with Crippen LogP contribution in [-0.2, 0) is 9.53 Å². The second kappa shape index (κ2) is 7.02. The highest BCUT2D eigenvalue weighted by molar-refractivity contribution is 5.83. The number of alkyl halides is 2. The number of piperidine rings is 1. The summed E-state index contributed by atoms with van der Waals surface area (Å²) in [6.45, 7) is 5.12. The van der Waals surface area contributed by atoms with E-state index in [0.29, 0.717) is 12.6 Å². The number of carbonyl (C=O) groups excluding carboxylic acids is 2. The van der Waals surface area contributed by atoms with E-state index in [1.165, 1.54) is 0 Å². The molecule has 30 heavy (non-hydrogen) atoms. The van der Waals surface area contributed by atoms with Gasteiger partial charge >= 0.3 is 6.09 Å². The van der Waals surface area contributed by atoms with Crippen molar-refractivity contribution in [1.29, 1.82) is 0 Å². The SMILES string of the molecule is CCOC(=O)N1CCC2(CC(N3CCC4C(C3)N(C)C(=O)[C@@H]3CC(F)(F)CN43)C2)C1. The van der Waals surface area contributed by atoms with Gasteiger partial charge in [-0.1, -0.05) is 0 Å². The molecule has 0 radical (unpaired) electrons. The summed E-state index contributed by atoms with van der Waals surface area (Å²) >= 11 is 0. The van der Waals surface area contributed by atoms with E-state index in [2.05, 4.69) is 4.90 Å². The van der Waals surface area contributed by atoms with Crippen molar-refractivity contribution in [3.8, 4) is 0 Å². The highest BCUT2D eigenvalue weighted by atomic mass is 19.3. The van der Waals surface area contributed by atoms with Gasteiger partial charge in [-0.25, -0.2) is 13.6 Å². The number of fused-ring (bicyclic) bond motifs is 3. The fourth-order valence-corrected chi connectivity index (χ4v) is 6.70. The Labute approximate surface area is 176 Å². The number of likely N-dealkylation sites (tertiary alicyclic amines) is 2. The molecular weight excluding hydrogens is 394 g/mol. The second-order valence-electron chi connectivity index (χ2n) is 10.0. The molecule has 0 aromatic heterocycles. The van der Waals surface area contributed by atoms with E-state index < -0.39 is 12.0 Å². The van der Waals surface area contributed by atoms with Crippen LogP contribution in [0.4, 0.5) is 13.6 Å². The molecule has 0 aromatic rings. The van der Waals surface area contributed by atoms with Gasteiger partial charge in [0.25, 0.3) is 5.92 Å².